The van der Waals surface area contributed by atoms with Crippen molar-refractivity contribution < 1.29 is 0 Å². The monoisotopic (exact) mass is 551 g/mol. The van der Waals surface area contributed by atoms with Gasteiger partial charge in [-0.2, -0.15) is 0 Å². The second-order valence-corrected chi connectivity index (χ2v) is 13.4. The minimum Gasteiger partial charge on any atom is -0.309 e. The normalized spacial score (nSPS) is 15.3. The molecule has 206 valence electrons. The molecule has 7 aromatic rings. The molecule has 0 saturated heterocycles. The minimum absolute atomic E-state index is 0.00356. The van der Waals surface area contributed by atoms with Crippen LogP contribution in [0.25, 0.3) is 60.9 Å². The summed E-state index contributed by atoms with van der Waals surface area (Å²) in [5, 5.41) is 2.57. The first-order chi connectivity index (χ1) is 20.8. The number of nitrogens with zero attached hydrogens (tertiary/aromatic N) is 1. The van der Waals surface area contributed by atoms with Gasteiger partial charge in [0, 0.05) is 27.3 Å². The lowest BCUT2D eigenvalue weighted by Crippen LogP contribution is -2.18. The van der Waals surface area contributed by atoms with E-state index >= 15 is 0 Å². The van der Waals surface area contributed by atoms with Gasteiger partial charge in [0.1, 0.15) is 0 Å². The van der Waals surface area contributed by atoms with E-state index in [9.17, 15) is 0 Å². The quantitative estimate of drug-likeness (QED) is 0.201. The predicted molar refractivity (Wildman–Crippen MR) is 181 cm³/mol. The number of hydrogen-bond acceptors (Lipinski definition) is 0. The molecular formula is C42H33N. The first kappa shape index (κ1) is 24.7. The number of fused-ring (bicyclic) bond motifs is 9. The van der Waals surface area contributed by atoms with Crippen LogP contribution in [0.3, 0.4) is 0 Å². The Kier molecular flexibility index (Phi) is 4.80. The zero-order valence-corrected chi connectivity index (χ0v) is 25.1. The summed E-state index contributed by atoms with van der Waals surface area (Å²) in [5.74, 6) is 0. The summed E-state index contributed by atoms with van der Waals surface area (Å²) in [6.07, 6.45) is 0. The van der Waals surface area contributed by atoms with Gasteiger partial charge in [0.25, 0.3) is 0 Å². The molecular weight excluding hydrogens is 518 g/mol. The smallest absolute Gasteiger partial charge is 0.0547 e. The largest absolute Gasteiger partial charge is 0.309 e. The van der Waals surface area contributed by atoms with Gasteiger partial charge in [0.05, 0.1) is 11.0 Å². The number of hydrogen-bond donors (Lipinski definition) is 0. The van der Waals surface area contributed by atoms with Crippen molar-refractivity contribution in [2.24, 2.45) is 0 Å². The van der Waals surface area contributed by atoms with Crippen molar-refractivity contribution in [3.8, 4) is 39.1 Å². The van der Waals surface area contributed by atoms with Gasteiger partial charge in [-0.1, -0.05) is 119 Å². The summed E-state index contributed by atoms with van der Waals surface area (Å²) in [4.78, 5) is 0. The summed E-state index contributed by atoms with van der Waals surface area (Å²) in [6.45, 7) is 9.56. The van der Waals surface area contributed by atoms with Crippen LogP contribution in [-0.2, 0) is 10.8 Å². The van der Waals surface area contributed by atoms with Crippen molar-refractivity contribution >= 4 is 21.8 Å². The van der Waals surface area contributed by atoms with Crippen LogP contribution in [0.4, 0.5) is 0 Å². The zero-order chi connectivity index (χ0) is 29.1. The third kappa shape index (κ3) is 3.23. The molecule has 9 rings (SSSR count). The van der Waals surface area contributed by atoms with E-state index in [1.165, 1.54) is 83.1 Å². The molecule has 6 aromatic carbocycles. The Morgan fingerprint density at radius 1 is 0.395 bits per heavy atom. The highest BCUT2D eigenvalue weighted by Crippen LogP contribution is 2.56. The maximum absolute atomic E-state index is 2.52. The van der Waals surface area contributed by atoms with Crippen LogP contribution >= 0.6 is 0 Å². The van der Waals surface area contributed by atoms with E-state index in [2.05, 4.69) is 160 Å². The Morgan fingerprint density at radius 2 is 0.977 bits per heavy atom. The fraction of sp³-hybridized carbons (Fsp3) is 0.143. The lowest BCUT2D eigenvalue weighted by Gasteiger charge is -2.26. The van der Waals surface area contributed by atoms with E-state index in [-0.39, 0.29) is 10.8 Å². The molecule has 1 heteroatoms. The predicted octanol–water partition coefficient (Wildman–Crippen LogP) is 11.1. The van der Waals surface area contributed by atoms with Crippen molar-refractivity contribution in [3.05, 3.63) is 150 Å². The molecule has 1 heterocycles. The fourth-order valence-corrected chi connectivity index (χ4v) is 8.11. The molecule has 0 fully saturated rings. The van der Waals surface area contributed by atoms with Crippen LogP contribution in [0, 0.1) is 0 Å². The highest BCUT2D eigenvalue weighted by molar-refractivity contribution is 6.10. The van der Waals surface area contributed by atoms with Crippen LogP contribution in [0.15, 0.2) is 127 Å². The maximum Gasteiger partial charge on any atom is 0.0547 e. The average Bonchev–Trinajstić information content (AvgIpc) is 3.57. The molecule has 0 bridgehead atoms. The van der Waals surface area contributed by atoms with E-state index in [1.54, 1.807) is 0 Å². The van der Waals surface area contributed by atoms with Crippen LogP contribution < -0.4 is 0 Å². The van der Waals surface area contributed by atoms with Gasteiger partial charge in [0.15, 0.2) is 0 Å². The van der Waals surface area contributed by atoms with Gasteiger partial charge in [-0.3, -0.25) is 0 Å². The van der Waals surface area contributed by atoms with Crippen molar-refractivity contribution in [2.45, 2.75) is 38.5 Å². The van der Waals surface area contributed by atoms with Gasteiger partial charge >= 0.3 is 0 Å². The summed E-state index contributed by atoms with van der Waals surface area (Å²) < 4.78 is 2.41. The molecule has 0 amide bonds. The summed E-state index contributed by atoms with van der Waals surface area (Å²) in [6, 6.07) is 47.6. The highest BCUT2D eigenvalue weighted by atomic mass is 15.0. The topological polar surface area (TPSA) is 4.93 Å². The molecule has 0 atom stereocenters. The van der Waals surface area contributed by atoms with E-state index in [4.69, 9.17) is 0 Å². The lowest BCUT2D eigenvalue weighted by molar-refractivity contribution is 0.639. The van der Waals surface area contributed by atoms with Crippen LogP contribution in [0.1, 0.15) is 49.9 Å². The van der Waals surface area contributed by atoms with Gasteiger partial charge in [-0.05, 0) is 92.0 Å². The first-order valence-corrected chi connectivity index (χ1v) is 15.4. The van der Waals surface area contributed by atoms with Gasteiger partial charge in [0.2, 0.25) is 0 Å². The molecule has 0 unspecified atom stereocenters. The summed E-state index contributed by atoms with van der Waals surface area (Å²) in [7, 11) is 0. The van der Waals surface area contributed by atoms with Gasteiger partial charge in [-0.15, -0.1) is 0 Å². The highest BCUT2D eigenvalue weighted by Gasteiger charge is 2.41. The third-order valence-electron chi connectivity index (χ3n) is 10.4. The van der Waals surface area contributed by atoms with Crippen molar-refractivity contribution in [3.63, 3.8) is 0 Å². The van der Waals surface area contributed by atoms with Crippen molar-refractivity contribution in [2.75, 3.05) is 0 Å². The molecule has 1 aromatic heterocycles. The minimum atomic E-state index is -0.0798. The fourth-order valence-electron chi connectivity index (χ4n) is 8.11. The second kappa shape index (κ2) is 8.36. The molecule has 0 N–H and O–H groups in total. The first-order valence-electron chi connectivity index (χ1n) is 15.4. The maximum atomic E-state index is 2.52. The molecule has 0 saturated carbocycles. The Labute approximate surface area is 253 Å². The van der Waals surface area contributed by atoms with Crippen LogP contribution in [0.2, 0.25) is 0 Å². The standard InChI is InChI=1S/C42H33N/c1-41(2)35-16-10-8-14-29(35)33-24-34-30-20-18-26(22-36(30)42(3,4)38(34)25-37(33)41)27-19-21-32-31-15-9-11-17-39(31)43(40(32)23-27)28-12-6-5-7-13-28/h5-25H,1-4H3. The number of aromatic nitrogens is 1. The molecule has 0 aliphatic heterocycles. The van der Waals surface area contributed by atoms with E-state index < -0.39 is 0 Å². The van der Waals surface area contributed by atoms with Crippen LogP contribution in [-0.4, -0.2) is 4.57 Å². The Bertz CT molecular complexity index is 2280. The zero-order valence-electron chi connectivity index (χ0n) is 25.1. The molecule has 43 heavy (non-hydrogen) atoms. The second-order valence-electron chi connectivity index (χ2n) is 13.4. The molecule has 2 aliphatic carbocycles. The Hall–Kier alpha value is -4.88. The summed E-state index contributed by atoms with van der Waals surface area (Å²) >= 11 is 0. The number of para-hydroxylation sites is 2. The Morgan fingerprint density at radius 3 is 1.79 bits per heavy atom. The summed E-state index contributed by atoms with van der Waals surface area (Å²) in [5.41, 5.74) is 17.4. The number of rotatable bonds is 2. The molecule has 0 spiro atoms. The van der Waals surface area contributed by atoms with Crippen molar-refractivity contribution in [1.29, 1.82) is 0 Å². The van der Waals surface area contributed by atoms with Gasteiger partial charge in [-0.25, -0.2) is 0 Å². The van der Waals surface area contributed by atoms with Crippen LogP contribution in [0.5, 0.6) is 0 Å². The molecule has 0 radical (unpaired) electrons. The van der Waals surface area contributed by atoms with Gasteiger partial charge < -0.3 is 4.57 Å². The number of benzene rings is 6. The van der Waals surface area contributed by atoms with E-state index in [1.807, 2.05) is 0 Å². The SMILES string of the molecule is CC1(C)c2ccccc2-c2cc3c(cc21)C(C)(C)c1cc(-c2ccc4c5ccccc5n(-c5ccccc5)c4c2)ccc1-3. The molecule has 2 aliphatic rings. The molecule has 1 nitrogen and oxygen atoms in total. The van der Waals surface area contributed by atoms with Crippen molar-refractivity contribution in [1.82, 2.24) is 4.57 Å². The Balaban J connectivity index is 1.22. The average molecular weight is 552 g/mol. The lowest BCUT2D eigenvalue weighted by atomic mass is 9.77. The van der Waals surface area contributed by atoms with E-state index in [0.717, 1.165) is 0 Å². The van der Waals surface area contributed by atoms with E-state index in [0.29, 0.717) is 0 Å². The third-order valence-corrected chi connectivity index (χ3v) is 10.4.